The molecule has 0 saturated heterocycles. The van der Waals surface area contributed by atoms with Crippen LogP contribution in [0.5, 0.6) is 0 Å². The zero-order valence-electron chi connectivity index (χ0n) is 16.2. The van der Waals surface area contributed by atoms with Crippen LogP contribution in [0.25, 0.3) is 0 Å². The van der Waals surface area contributed by atoms with Gasteiger partial charge in [-0.25, -0.2) is 13.1 Å². The minimum absolute atomic E-state index is 0.0957. The third-order valence-corrected chi connectivity index (χ3v) is 6.04. The molecule has 2 aromatic rings. The predicted molar refractivity (Wildman–Crippen MR) is 110 cm³/mol. The lowest BCUT2D eigenvalue weighted by Crippen LogP contribution is -2.25. The van der Waals surface area contributed by atoms with Gasteiger partial charge in [0.25, 0.3) is 5.91 Å². The minimum Gasteiger partial charge on any atom is -0.322 e. The second-order valence-corrected chi connectivity index (χ2v) is 8.43. The highest BCUT2D eigenvalue weighted by Crippen LogP contribution is 2.21. The van der Waals surface area contributed by atoms with Gasteiger partial charge >= 0.3 is 0 Å². The number of hydrogen-bond acceptors (Lipinski definition) is 3. The Bertz CT molecular complexity index is 861. The van der Waals surface area contributed by atoms with E-state index in [1.54, 1.807) is 12.1 Å². The average molecular weight is 389 g/mol. The van der Waals surface area contributed by atoms with Gasteiger partial charge in [0.1, 0.15) is 0 Å². The number of carbonyl (C=O) groups is 1. The van der Waals surface area contributed by atoms with Gasteiger partial charge < -0.3 is 5.32 Å². The minimum atomic E-state index is -3.61. The van der Waals surface area contributed by atoms with Crippen LogP contribution in [0, 0.1) is 0 Å². The van der Waals surface area contributed by atoms with Crippen molar-refractivity contribution in [1.82, 2.24) is 4.72 Å². The monoisotopic (exact) mass is 388 g/mol. The van der Waals surface area contributed by atoms with Crippen LogP contribution in [-0.4, -0.2) is 20.9 Å². The lowest BCUT2D eigenvalue weighted by atomic mass is 9.98. The molecule has 2 aromatic carbocycles. The van der Waals surface area contributed by atoms with Crippen LogP contribution in [0.4, 0.5) is 5.69 Å². The number of hydrogen-bond donors (Lipinski definition) is 2. The first kappa shape index (κ1) is 21.1. The van der Waals surface area contributed by atoms with Crippen LogP contribution in [0.15, 0.2) is 53.4 Å². The molecule has 2 rings (SSSR count). The number of nitrogens with one attached hydrogen (secondary N) is 2. The van der Waals surface area contributed by atoms with Crippen molar-refractivity contribution in [3.8, 4) is 0 Å². The van der Waals surface area contributed by atoms with Crippen LogP contribution in [0.3, 0.4) is 0 Å². The standard InChI is InChI=1S/C21H28N2O3S/c1-4-6-14-22-27(25,26)20-9-7-8-18(15-20)21(24)23-19-12-10-17(11-13-19)16(3)5-2/h7-13,15-16,22H,4-6,14H2,1-3H3,(H,23,24). The number of benzene rings is 2. The van der Waals surface area contributed by atoms with Crippen molar-refractivity contribution in [3.05, 3.63) is 59.7 Å². The number of rotatable bonds is 9. The van der Waals surface area contributed by atoms with Crippen LogP contribution in [-0.2, 0) is 10.0 Å². The molecule has 0 aromatic heterocycles. The topological polar surface area (TPSA) is 75.3 Å². The summed E-state index contributed by atoms with van der Waals surface area (Å²) >= 11 is 0. The molecule has 0 radical (unpaired) electrons. The molecule has 0 aliphatic rings. The van der Waals surface area contributed by atoms with E-state index >= 15 is 0 Å². The quantitative estimate of drug-likeness (QED) is 0.620. The Morgan fingerprint density at radius 1 is 1.07 bits per heavy atom. The van der Waals surface area contributed by atoms with Gasteiger partial charge in [0, 0.05) is 17.8 Å². The second kappa shape index (κ2) is 9.67. The van der Waals surface area contributed by atoms with Gasteiger partial charge in [-0.2, -0.15) is 0 Å². The summed E-state index contributed by atoms with van der Waals surface area (Å²) in [4.78, 5) is 12.6. The molecule has 1 unspecified atom stereocenters. The normalized spacial score (nSPS) is 12.6. The largest absolute Gasteiger partial charge is 0.322 e. The van der Waals surface area contributed by atoms with Crippen LogP contribution < -0.4 is 10.0 Å². The van der Waals surface area contributed by atoms with Crippen LogP contribution >= 0.6 is 0 Å². The Labute approximate surface area is 162 Å². The summed E-state index contributed by atoms with van der Waals surface area (Å²) in [6, 6.07) is 13.8. The Balaban J connectivity index is 2.11. The van der Waals surface area contributed by atoms with E-state index in [9.17, 15) is 13.2 Å². The van der Waals surface area contributed by atoms with E-state index in [-0.39, 0.29) is 10.8 Å². The fourth-order valence-electron chi connectivity index (χ4n) is 2.61. The van der Waals surface area contributed by atoms with E-state index in [4.69, 9.17) is 0 Å². The Morgan fingerprint density at radius 3 is 2.41 bits per heavy atom. The van der Waals surface area contributed by atoms with Gasteiger partial charge in [0.15, 0.2) is 0 Å². The van der Waals surface area contributed by atoms with Crippen molar-refractivity contribution in [3.63, 3.8) is 0 Å². The van der Waals surface area contributed by atoms with Crippen molar-refractivity contribution in [2.45, 2.75) is 50.8 Å². The van der Waals surface area contributed by atoms with E-state index in [2.05, 4.69) is 23.9 Å². The number of sulfonamides is 1. The molecule has 1 amide bonds. The summed E-state index contributed by atoms with van der Waals surface area (Å²) in [6.07, 6.45) is 2.73. The fraction of sp³-hybridized carbons (Fsp3) is 0.381. The van der Waals surface area contributed by atoms with Crippen molar-refractivity contribution in [2.75, 3.05) is 11.9 Å². The summed E-state index contributed by atoms with van der Waals surface area (Å²) in [5.74, 6) is 0.133. The van der Waals surface area contributed by atoms with Crippen molar-refractivity contribution in [1.29, 1.82) is 0 Å². The smallest absolute Gasteiger partial charge is 0.255 e. The molecular formula is C21H28N2O3S. The molecule has 0 saturated carbocycles. The highest BCUT2D eigenvalue weighted by Gasteiger charge is 2.16. The third kappa shape index (κ3) is 5.91. The molecule has 0 fully saturated rings. The van der Waals surface area contributed by atoms with Crippen molar-refractivity contribution >= 4 is 21.6 Å². The molecular weight excluding hydrogens is 360 g/mol. The zero-order valence-corrected chi connectivity index (χ0v) is 17.0. The molecule has 27 heavy (non-hydrogen) atoms. The highest BCUT2D eigenvalue weighted by molar-refractivity contribution is 7.89. The average Bonchev–Trinajstić information content (AvgIpc) is 2.68. The van der Waals surface area contributed by atoms with E-state index in [0.717, 1.165) is 19.3 Å². The van der Waals surface area contributed by atoms with E-state index in [1.807, 2.05) is 31.2 Å². The Morgan fingerprint density at radius 2 is 1.78 bits per heavy atom. The molecule has 0 aliphatic heterocycles. The first-order valence-electron chi connectivity index (χ1n) is 9.38. The summed E-state index contributed by atoms with van der Waals surface area (Å²) < 4.78 is 27.2. The molecule has 2 N–H and O–H groups in total. The molecule has 146 valence electrons. The number of carbonyl (C=O) groups excluding carboxylic acids is 1. The van der Waals surface area contributed by atoms with Gasteiger partial charge in [-0.1, -0.05) is 45.4 Å². The molecule has 1 atom stereocenters. The summed E-state index contributed by atoms with van der Waals surface area (Å²) in [5.41, 5.74) is 2.21. The fourth-order valence-corrected chi connectivity index (χ4v) is 3.72. The van der Waals surface area contributed by atoms with Gasteiger partial charge in [0.2, 0.25) is 10.0 Å². The van der Waals surface area contributed by atoms with Crippen LogP contribution in [0.1, 0.15) is 61.9 Å². The summed E-state index contributed by atoms with van der Waals surface area (Å²) in [7, 11) is -3.61. The number of unbranched alkanes of at least 4 members (excludes halogenated alkanes) is 1. The summed E-state index contributed by atoms with van der Waals surface area (Å²) in [5, 5.41) is 2.82. The first-order valence-corrected chi connectivity index (χ1v) is 10.9. The predicted octanol–water partition coefficient (Wildman–Crippen LogP) is 4.53. The SMILES string of the molecule is CCCCNS(=O)(=O)c1cccc(C(=O)Nc2ccc(C(C)CC)cc2)c1. The zero-order chi connectivity index (χ0) is 19.9. The van der Waals surface area contributed by atoms with Gasteiger partial charge in [-0.05, 0) is 54.7 Å². The van der Waals surface area contributed by atoms with Gasteiger partial charge in [0.05, 0.1) is 4.90 Å². The molecule has 0 bridgehead atoms. The Kier molecular flexibility index (Phi) is 7.56. The van der Waals surface area contributed by atoms with E-state index in [0.29, 0.717) is 23.7 Å². The maximum Gasteiger partial charge on any atom is 0.255 e. The Hall–Kier alpha value is -2.18. The van der Waals surface area contributed by atoms with Crippen LogP contribution in [0.2, 0.25) is 0 Å². The molecule has 6 heteroatoms. The summed E-state index contributed by atoms with van der Waals surface area (Å²) in [6.45, 7) is 6.68. The molecule has 0 spiro atoms. The molecule has 0 aliphatic carbocycles. The van der Waals surface area contributed by atoms with Crippen molar-refractivity contribution in [2.24, 2.45) is 0 Å². The first-order chi connectivity index (χ1) is 12.9. The lowest BCUT2D eigenvalue weighted by molar-refractivity contribution is 0.102. The highest BCUT2D eigenvalue weighted by atomic mass is 32.2. The lowest BCUT2D eigenvalue weighted by Gasteiger charge is -2.11. The van der Waals surface area contributed by atoms with E-state index in [1.165, 1.54) is 17.7 Å². The third-order valence-electron chi connectivity index (χ3n) is 4.58. The van der Waals surface area contributed by atoms with Crippen molar-refractivity contribution < 1.29 is 13.2 Å². The second-order valence-electron chi connectivity index (χ2n) is 6.66. The van der Waals surface area contributed by atoms with E-state index < -0.39 is 10.0 Å². The maximum atomic E-state index is 12.5. The van der Waals surface area contributed by atoms with Gasteiger partial charge in [-0.3, -0.25) is 4.79 Å². The maximum absolute atomic E-state index is 12.5. The number of anilines is 1. The molecule has 5 nitrogen and oxygen atoms in total. The molecule has 0 heterocycles. The van der Waals surface area contributed by atoms with Gasteiger partial charge in [-0.15, -0.1) is 0 Å². The number of amides is 1.